The molecule has 0 unspecified atom stereocenters. The van der Waals surface area contributed by atoms with Gasteiger partial charge in [-0.2, -0.15) is 10.5 Å². The van der Waals surface area contributed by atoms with E-state index in [4.69, 9.17) is 0 Å². The molecule has 11 aromatic rings. The highest BCUT2D eigenvalue weighted by molar-refractivity contribution is 6.16. The van der Waals surface area contributed by atoms with E-state index in [1.807, 2.05) is 30.3 Å². The van der Waals surface area contributed by atoms with Crippen LogP contribution < -0.4 is 0 Å². The van der Waals surface area contributed by atoms with Crippen molar-refractivity contribution >= 4 is 65.4 Å². The normalized spacial score (nSPS) is 11.6. The number of nitriles is 2. The number of nitrogens with zero attached hydrogens (tertiary/aromatic N) is 5. The maximum absolute atomic E-state index is 10.5. The van der Waals surface area contributed by atoms with Crippen LogP contribution in [0.2, 0.25) is 0 Å². The molecule has 0 aliphatic heterocycles. The highest BCUT2D eigenvalue weighted by Gasteiger charge is 2.21. The number of fused-ring (bicyclic) bond motifs is 9. The fourth-order valence-corrected chi connectivity index (χ4v) is 8.74. The molecule has 0 saturated heterocycles. The predicted molar refractivity (Wildman–Crippen MR) is 224 cm³/mol. The Hall–Kier alpha value is -7.86. The molecule has 8 aromatic carbocycles. The zero-order chi connectivity index (χ0) is 36.6. The van der Waals surface area contributed by atoms with Gasteiger partial charge in [-0.1, -0.05) is 103 Å². The molecule has 0 bridgehead atoms. The molecule has 55 heavy (non-hydrogen) atoms. The summed E-state index contributed by atoms with van der Waals surface area (Å²) in [6.45, 7) is 0. The summed E-state index contributed by atoms with van der Waals surface area (Å²) in [6.07, 6.45) is 0. The lowest BCUT2D eigenvalue weighted by atomic mass is 10.0. The lowest BCUT2D eigenvalue weighted by Gasteiger charge is -2.14. The first-order valence-corrected chi connectivity index (χ1v) is 18.3. The van der Waals surface area contributed by atoms with E-state index in [2.05, 4.69) is 171 Å². The van der Waals surface area contributed by atoms with Crippen LogP contribution in [0.3, 0.4) is 0 Å². The number of rotatable bonds is 4. The molecule has 0 atom stereocenters. The summed E-state index contributed by atoms with van der Waals surface area (Å²) in [5.74, 6) is 0. The highest BCUT2D eigenvalue weighted by atomic mass is 15.0. The van der Waals surface area contributed by atoms with Crippen LogP contribution in [0.5, 0.6) is 0 Å². The third kappa shape index (κ3) is 4.45. The summed E-state index contributed by atoms with van der Waals surface area (Å²) in [4.78, 5) is 0. The Morgan fingerprint density at radius 2 is 0.873 bits per heavy atom. The van der Waals surface area contributed by atoms with Crippen LogP contribution >= 0.6 is 0 Å². The van der Waals surface area contributed by atoms with Crippen molar-refractivity contribution in [3.8, 4) is 40.3 Å². The van der Waals surface area contributed by atoms with Crippen molar-refractivity contribution in [3.63, 3.8) is 0 Å². The van der Waals surface area contributed by atoms with E-state index in [1.165, 1.54) is 10.8 Å². The van der Waals surface area contributed by atoms with Gasteiger partial charge in [-0.3, -0.25) is 0 Å². The van der Waals surface area contributed by atoms with Crippen molar-refractivity contribution in [1.82, 2.24) is 13.7 Å². The monoisotopic (exact) mass is 699 g/mol. The Bertz CT molecular complexity index is 3400. The van der Waals surface area contributed by atoms with Crippen LogP contribution in [0.1, 0.15) is 11.1 Å². The molecule has 5 heteroatoms. The van der Waals surface area contributed by atoms with Crippen molar-refractivity contribution in [2.24, 2.45) is 0 Å². The quantitative estimate of drug-likeness (QED) is 0.184. The van der Waals surface area contributed by atoms with Crippen molar-refractivity contribution in [1.29, 1.82) is 10.5 Å². The summed E-state index contributed by atoms with van der Waals surface area (Å²) < 4.78 is 6.86. The first-order chi connectivity index (χ1) is 27.2. The van der Waals surface area contributed by atoms with E-state index in [0.717, 1.165) is 82.8 Å². The Morgan fingerprint density at radius 3 is 1.51 bits per heavy atom. The lowest BCUT2D eigenvalue weighted by molar-refractivity contribution is 1.16. The van der Waals surface area contributed by atoms with Crippen molar-refractivity contribution in [2.75, 3.05) is 0 Å². The minimum absolute atomic E-state index is 0.601. The Morgan fingerprint density at radius 1 is 0.345 bits per heavy atom. The van der Waals surface area contributed by atoms with E-state index in [1.54, 1.807) is 0 Å². The van der Waals surface area contributed by atoms with Gasteiger partial charge in [-0.25, -0.2) is 0 Å². The molecular weight excluding hydrogens is 671 g/mol. The van der Waals surface area contributed by atoms with E-state index in [9.17, 15) is 10.5 Å². The summed E-state index contributed by atoms with van der Waals surface area (Å²) >= 11 is 0. The molecule has 0 N–H and O–H groups in total. The van der Waals surface area contributed by atoms with Gasteiger partial charge in [0.1, 0.15) is 6.07 Å². The second-order valence-corrected chi connectivity index (χ2v) is 14.0. The smallest absolute Gasteiger partial charge is 0.101 e. The number of aromatic nitrogens is 3. The average molecular weight is 700 g/mol. The van der Waals surface area contributed by atoms with Crippen LogP contribution in [0.4, 0.5) is 0 Å². The standard InChI is InChI=1S/C50H29N5/c51-30-32-20-27-40-39-12-1-5-14-42(39)53(49(40)28-32)36-25-23-33(24-26-36)34-21-22-35(31-52)48(29-34)55-45-17-8-4-13-41(45)50-46(18-9-19-47(50)55)54-43-15-6-2-10-37(43)38-11-3-7-16-44(38)54/h1-29H. The maximum Gasteiger partial charge on any atom is 0.101 e. The minimum Gasteiger partial charge on any atom is -0.309 e. The first-order valence-electron chi connectivity index (χ1n) is 18.3. The lowest BCUT2D eigenvalue weighted by Crippen LogP contribution is -1.99. The van der Waals surface area contributed by atoms with Gasteiger partial charge in [-0.05, 0) is 83.9 Å². The topological polar surface area (TPSA) is 62.4 Å². The summed E-state index contributed by atoms with van der Waals surface area (Å²) in [5.41, 5.74) is 12.7. The van der Waals surface area contributed by atoms with Crippen molar-refractivity contribution < 1.29 is 0 Å². The second kappa shape index (κ2) is 11.8. The zero-order valence-electron chi connectivity index (χ0n) is 29.5. The third-order valence-corrected chi connectivity index (χ3v) is 11.1. The summed E-state index contributed by atoms with van der Waals surface area (Å²) in [7, 11) is 0. The molecule has 5 nitrogen and oxygen atoms in total. The largest absolute Gasteiger partial charge is 0.309 e. The van der Waals surface area contributed by atoms with Gasteiger partial charge < -0.3 is 13.7 Å². The Labute approximate surface area is 316 Å². The summed E-state index contributed by atoms with van der Waals surface area (Å²) in [5, 5.41) is 27.2. The fraction of sp³-hybridized carbons (Fsp3) is 0. The zero-order valence-corrected chi connectivity index (χ0v) is 29.5. The van der Waals surface area contributed by atoms with E-state index in [0.29, 0.717) is 11.1 Å². The van der Waals surface area contributed by atoms with Gasteiger partial charge in [-0.15, -0.1) is 0 Å². The van der Waals surface area contributed by atoms with Crippen LogP contribution in [-0.2, 0) is 0 Å². The Balaban J connectivity index is 1.10. The number of hydrogen-bond acceptors (Lipinski definition) is 2. The van der Waals surface area contributed by atoms with Gasteiger partial charge in [0.15, 0.2) is 0 Å². The van der Waals surface area contributed by atoms with Crippen LogP contribution in [0, 0.1) is 22.7 Å². The molecule has 11 rings (SSSR count). The van der Waals surface area contributed by atoms with Gasteiger partial charge in [0, 0.05) is 38.0 Å². The van der Waals surface area contributed by atoms with Crippen LogP contribution in [-0.4, -0.2) is 13.7 Å². The molecule has 3 heterocycles. The number of benzene rings is 8. The second-order valence-electron chi connectivity index (χ2n) is 14.0. The Kier molecular flexibility index (Phi) is 6.61. The highest BCUT2D eigenvalue weighted by Crippen LogP contribution is 2.41. The molecule has 0 saturated carbocycles. The van der Waals surface area contributed by atoms with E-state index >= 15 is 0 Å². The van der Waals surface area contributed by atoms with E-state index < -0.39 is 0 Å². The molecule has 0 aliphatic carbocycles. The van der Waals surface area contributed by atoms with Crippen molar-refractivity contribution in [2.45, 2.75) is 0 Å². The maximum atomic E-state index is 10.5. The van der Waals surface area contributed by atoms with Gasteiger partial charge in [0.25, 0.3) is 0 Å². The van der Waals surface area contributed by atoms with E-state index in [-0.39, 0.29) is 0 Å². The molecular formula is C50H29N5. The average Bonchev–Trinajstić information content (AvgIpc) is 3.89. The molecule has 254 valence electrons. The first kappa shape index (κ1) is 30.7. The molecule has 0 spiro atoms. The van der Waals surface area contributed by atoms with Gasteiger partial charge in [0.2, 0.25) is 0 Å². The predicted octanol–water partition coefficient (Wildman–Crippen LogP) is 12.4. The molecule has 0 radical (unpaired) electrons. The summed E-state index contributed by atoms with van der Waals surface area (Å²) in [6, 6.07) is 65.9. The van der Waals surface area contributed by atoms with Crippen LogP contribution in [0.15, 0.2) is 176 Å². The number of para-hydroxylation sites is 4. The molecule has 0 amide bonds. The van der Waals surface area contributed by atoms with Crippen molar-refractivity contribution in [3.05, 3.63) is 187 Å². The number of hydrogen-bond donors (Lipinski definition) is 0. The van der Waals surface area contributed by atoms with Gasteiger partial charge >= 0.3 is 0 Å². The minimum atomic E-state index is 0.601. The van der Waals surface area contributed by atoms with Gasteiger partial charge in [0.05, 0.1) is 61.7 Å². The molecule has 3 aromatic heterocycles. The molecule has 0 aliphatic rings. The third-order valence-electron chi connectivity index (χ3n) is 11.1. The van der Waals surface area contributed by atoms with Crippen LogP contribution in [0.25, 0.3) is 93.6 Å². The fourth-order valence-electron chi connectivity index (χ4n) is 8.74. The SMILES string of the molecule is N#Cc1ccc2c3ccccc3n(-c3ccc(-c4ccc(C#N)c(-n5c6ccccc6c6c(-n7c8ccccc8c8ccccc87)cccc65)c4)cc3)c2c1. The molecule has 0 fully saturated rings.